The van der Waals surface area contributed by atoms with Gasteiger partial charge in [0.15, 0.2) is 5.78 Å². The Hall–Kier alpha value is -2.95. The fourth-order valence-electron chi connectivity index (χ4n) is 4.53. The molecule has 0 saturated carbocycles. The molecule has 0 bridgehead atoms. The molecule has 2 atom stereocenters. The van der Waals surface area contributed by atoms with Crippen LogP contribution in [0.1, 0.15) is 47.1 Å². The topological polar surface area (TPSA) is 80.5 Å². The van der Waals surface area contributed by atoms with E-state index in [1.165, 1.54) is 13.1 Å². The molecule has 35 heavy (non-hydrogen) atoms. The lowest BCUT2D eigenvalue weighted by Gasteiger charge is -2.45. The Kier molecular flexibility index (Phi) is 7.44. The Morgan fingerprint density at radius 2 is 1.86 bits per heavy atom. The van der Waals surface area contributed by atoms with Gasteiger partial charge in [0, 0.05) is 48.0 Å². The summed E-state index contributed by atoms with van der Waals surface area (Å²) in [5, 5.41) is 22.2. The van der Waals surface area contributed by atoms with Gasteiger partial charge in [-0.2, -0.15) is 5.26 Å². The average molecular weight is 509 g/mol. The molecule has 1 saturated heterocycles. The van der Waals surface area contributed by atoms with Crippen LogP contribution in [-0.2, 0) is 5.60 Å². The van der Waals surface area contributed by atoms with E-state index in [2.05, 4.69) is 20.9 Å². The molecule has 1 aliphatic rings. The van der Waals surface area contributed by atoms with Crippen LogP contribution in [-0.4, -0.2) is 47.0 Å². The van der Waals surface area contributed by atoms with Crippen LogP contribution in [0.25, 0.3) is 0 Å². The summed E-state index contributed by atoms with van der Waals surface area (Å²) in [6.07, 6.45) is 1.50. The number of benzene rings is 2. The van der Waals surface area contributed by atoms with E-state index in [0.29, 0.717) is 53.0 Å². The third-order valence-corrected chi connectivity index (χ3v) is 6.85. The lowest BCUT2D eigenvalue weighted by molar-refractivity contribution is 0.00674. The number of halogens is 2. The number of carbonyl (C=O) groups is 1. The summed E-state index contributed by atoms with van der Waals surface area (Å²) in [7, 11) is 0. The van der Waals surface area contributed by atoms with Gasteiger partial charge in [-0.05, 0) is 61.9 Å². The summed E-state index contributed by atoms with van der Waals surface area (Å²) in [6.45, 7) is 5.54. The van der Waals surface area contributed by atoms with Gasteiger partial charge in [-0.15, -0.1) is 0 Å². The first-order chi connectivity index (χ1) is 16.7. The standard InChI is InChI=1S/C27H26Cl2N4O2/c1-18(34)20-5-10-26(31-15-20)27(2,35)17-32-11-12-33(24-9-8-23(29)13-21(24)14-30)25(16-32)19-3-6-22(28)7-4-19/h3-10,13,15,25,35H,11-12,16-17H2,1-2H3/t25-,27+/m0/s1. The minimum Gasteiger partial charge on any atom is -0.382 e. The van der Waals surface area contributed by atoms with Crippen LogP contribution in [0, 0.1) is 11.3 Å². The van der Waals surface area contributed by atoms with Gasteiger partial charge in [-0.3, -0.25) is 14.7 Å². The van der Waals surface area contributed by atoms with Gasteiger partial charge in [-0.1, -0.05) is 35.3 Å². The van der Waals surface area contributed by atoms with Crippen LogP contribution in [0.15, 0.2) is 60.8 Å². The normalized spacial score (nSPS) is 18.1. The number of carbonyl (C=O) groups excluding carboxylic acids is 1. The summed E-state index contributed by atoms with van der Waals surface area (Å²) in [6, 6.07) is 18.7. The molecule has 0 amide bonds. The minimum atomic E-state index is -1.21. The van der Waals surface area contributed by atoms with E-state index >= 15 is 0 Å². The van der Waals surface area contributed by atoms with Crippen LogP contribution >= 0.6 is 23.2 Å². The second kappa shape index (κ2) is 10.3. The van der Waals surface area contributed by atoms with Crippen LogP contribution in [0.5, 0.6) is 0 Å². The Morgan fingerprint density at radius 1 is 1.14 bits per heavy atom. The number of Topliss-reactive ketones (excluding diaryl/α,β-unsaturated/α-hetero) is 1. The molecule has 1 aromatic heterocycles. The number of ketones is 1. The highest BCUT2D eigenvalue weighted by atomic mass is 35.5. The molecule has 0 aliphatic carbocycles. The maximum absolute atomic E-state index is 11.6. The van der Waals surface area contributed by atoms with E-state index in [1.807, 2.05) is 30.3 Å². The number of anilines is 1. The maximum atomic E-state index is 11.6. The van der Waals surface area contributed by atoms with Crippen molar-refractivity contribution < 1.29 is 9.90 Å². The molecule has 0 unspecified atom stereocenters. The van der Waals surface area contributed by atoms with Crippen molar-refractivity contribution >= 4 is 34.7 Å². The molecule has 180 valence electrons. The van der Waals surface area contributed by atoms with E-state index in [1.54, 1.807) is 31.2 Å². The zero-order valence-corrected chi connectivity index (χ0v) is 21.1. The van der Waals surface area contributed by atoms with Gasteiger partial charge in [0.05, 0.1) is 23.0 Å². The van der Waals surface area contributed by atoms with Crippen molar-refractivity contribution in [1.29, 1.82) is 5.26 Å². The molecule has 6 nitrogen and oxygen atoms in total. The summed E-state index contributed by atoms with van der Waals surface area (Å²) in [5.41, 5.74) is 2.22. The average Bonchev–Trinajstić information content (AvgIpc) is 2.84. The molecule has 1 aliphatic heterocycles. The van der Waals surface area contributed by atoms with Gasteiger partial charge in [-0.25, -0.2) is 0 Å². The van der Waals surface area contributed by atoms with Crippen molar-refractivity contribution in [3.05, 3.63) is 93.2 Å². The fraction of sp³-hybridized carbons (Fsp3) is 0.296. The highest BCUT2D eigenvalue weighted by molar-refractivity contribution is 6.31. The van der Waals surface area contributed by atoms with Gasteiger partial charge in [0.25, 0.3) is 0 Å². The van der Waals surface area contributed by atoms with Crippen LogP contribution < -0.4 is 4.90 Å². The van der Waals surface area contributed by atoms with E-state index in [4.69, 9.17) is 23.2 Å². The molecule has 0 radical (unpaired) electrons. The Balaban J connectivity index is 1.61. The smallest absolute Gasteiger partial charge is 0.161 e. The first-order valence-corrected chi connectivity index (χ1v) is 12.1. The van der Waals surface area contributed by atoms with E-state index in [-0.39, 0.29) is 11.8 Å². The van der Waals surface area contributed by atoms with Crippen molar-refractivity contribution in [2.45, 2.75) is 25.5 Å². The fourth-order valence-corrected chi connectivity index (χ4v) is 4.83. The van der Waals surface area contributed by atoms with Crippen molar-refractivity contribution in [3.8, 4) is 6.07 Å². The van der Waals surface area contributed by atoms with E-state index in [0.717, 1.165) is 11.3 Å². The minimum absolute atomic E-state index is 0.0652. The zero-order valence-electron chi connectivity index (χ0n) is 19.6. The summed E-state index contributed by atoms with van der Waals surface area (Å²) >= 11 is 12.3. The first kappa shape index (κ1) is 25.2. The number of hydrogen-bond donors (Lipinski definition) is 1. The molecular weight excluding hydrogens is 483 g/mol. The lowest BCUT2D eigenvalue weighted by Crippen LogP contribution is -2.52. The SMILES string of the molecule is CC(=O)c1ccc([C@](C)(O)CN2CCN(c3ccc(Cl)cc3C#N)[C@H](c3ccc(Cl)cc3)C2)nc1. The number of nitrogens with zero attached hydrogens (tertiary/aromatic N) is 4. The monoisotopic (exact) mass is 508 g/mol. The largest absolute Gasteiger partial charge is 0.382 e. The van der Waals surface area contributed by atoms with Crippen LogP contribution in [0.3, 0.4) is 0 Å². The molecule has 3 aromatic rings. The number of rotatable bonds is 6. The van der Waals surface area contributed by atoms with Gasteiger partial charge in [0.2, 0.25) is 0 Å². The number of hydrogen-bond acceptors (Lipinski definition) is 6. The third kappa shape index (κ3) is 5.66. The maximum Gasteiger partial charge on any atom is 0.161 e. The summed E-state index contributed by atoms with van der Waals surface area (Å²) < 4.78 is 0. The summed E-state index contributed by atoms with van der Waals surface area (Å²) in [5.74, 6) is -0.0652. The van der Waals surface area contributed by atoms with E-state index in [9.17, 15) is 15.2 Å². The molecule has 2 heterocycles. The molecule has 8 heteroatoms. The highest BCUT2D eigenvalue weighted by Crippen LogP contribution is 2.35. The highest BCUT2D eigenvalue weighted by Gasteiger charge is 2.34. The molecule has 1 fully saturated rings. The third-order valence-electron chi connectivity index (χ3n) is 6.36. The second-order valence-electron chi connectivity index (χ2n) is 9.03. The first-order valence-electron chi connectivity index (χ1n) is 11.3. The van der Waals surface area contributed by atoms with Gasteiger partial charge in [0.1, 0.15) is 11.7 Å². The van der Waals surface area contributed by atoms with Gasteiger partial charge >= 0.3 is 0 Å². The number of aliphatic hydroxyl groups is 1. The number of aromatic nitrogens is 1. The Bertz CT molecular complexity index is 1250. The van der Waals surface area contributed by atoms with Crippen molar-refractivity contribution in [2.75, 3.05) is 31.1 Å². The number of piperazine rings is 1. The van der Waals surface area contributed by atoms with Crippen molar-refractivity contribution in [3.63, 3.8) is 0 Å². The Labute approximate surface area is 215 Å². The molecule has 0 spiro atoms. The number of pyridine rings is 1. The number of β-amino-alcohol motifs (C(OH)–C–C–N with tert-alkyl or cyclic N) is 1. The second-order valence-corrected chi connectivity index (χ2v) is 9.90. The van der Waals surface area contributed by atoms with Crippen molar-refractivity contribution in [1.82, 2.24) is 9.88 Å². The van der Waals surface area contributed by atoms with E-state index < -0.39 is 5.60 Å². The predicted molar refractivity (Wildman–Crippen MR) is 138 cm³/mol. The summed E-state index contributed by atoms with van der Waals surface area (Å²) in [4.78, 5) is 20.3. The quantitative estimate of drug-likeness (QED) is 0.459. The lowest BCUT2D eigenvalue weighted by atomic mass is 9.96. The number of nitriles is 1. The van der Waals surface area contributed by atoms with Crippen molar-refractivity contribution in [2.24, 2.45) is 0 Å². The zero-order chi connectivity index (χ0) is 25.2. The molecule has 1 N–H and O–H groups in total. The Morgan fingerprint density at radius 3 is 2.49 bits per heavy atom. The molecule has 4 rings (SSSR count). The van der Waals surface area contributed by atoms with Crippen LogP contribution in [0.4, 0.5) is 5.69 Å². The molecule has 2 aromatic carbocycles. The molecular formula is C27H26Cl2N4O2. The predicted octanol–water partition coefficient (Wildman–Crippen LogP) is 5.23. The van der Waals surface area contributed by atoms with Gasteiger partial charge < -0.3 is 10.0 Å². The van der Waals surface area contributed by atoms with Crippen LogP contribution in [0.2, 0.25) is 10.0 Å².